The number of sulfone groups is 1. The highest BCUT2D eigenvalue weighted by molar-refractivity contribution is 7.91. The van der Waals surface area contributed by atoms with Crippen LogP contribution in [0.5, 0.6) is 0 Å². The Morgan fingerprint density at radius 3 is 3.00 bits per heavy atom. The van der Waals surface area contributed by atoms with E-state index in [2.05, 4.69) is 4.98 Å². The lowest BCUT2D eigenvalue weighted by Gasteiger charge is -2.00. The molecule has 0 spiro atoms. The van der Waals surface area contributed by atoms with Crippen molar-refractivity contribution in [2.45, 2.75) is 18.8 Å². The van der Waals surface area contributed by atoms with Crippen LogP contribution >= 0.6 is 11.3 Å². The van der Waals surface area contributed by atoms with Crippen molar-refractivity contribution >= 4 is 27.5 Å². The summed E-state index contributed by atoms with van der Waals surface area (Å²) in [5, 5.41) is 0.855. The molecule has 4 nitrogen and oxygen atoms in total. The van der Waals surface area contributed by atoms with Gasteiger partial charge in [-0.2, -0.15) is 0 Å². The molecule has 1 saturated heterocycles. The predicted octanol–water partition coefficient (Wildman–Crippen LogP) is 0.787. The molecule has 1 aliphatic rings. The Morgan fingerprint density at radius 1 is 1.60 bits per heavy atom. The molecule has 6 heteroatoms. The highest BCUT2D eigenvalue weighted by Gasteiger charge is 2.30. The van der Waals surface area contributed by atoms with Crippen molar-refractivity contribution in [1.82, 2.24) is 4.98 Å². The lowest BCUT2D eigenvalue weighted by Crippen LogP contribution is -2.03. The monoisotopic (exact) mass is 245 g/mol. The lowest BCUT2D eigenvalue weighted by atomic mass is 10.1. The van der Waals surface area contributed by atoms with Crippen LogP contribution in [0.4, 0.5) is 0 Å². The van der Waals surface area contributed by atoms with Crippen LogP contribution < -0.4 is 0 Å². The van der Waals surface area contributed by atoms with E-state index in [0.717, 1.165) is 16.2 Å². The number of carbonyl (C=O) groups excluding carboxylic acids is 1. The smallest absolute Gasteiger partial charge is 0.151 e. The largest absolute Gasteiger partial charge is 0.303 e. The summed E-state index contributed by atoms with van der Waals surface area (Å²) in [6, 6.07) is 0. The van der Waals surface area contributed by atoms with E-state index in [0.29, 0.717) is 12.8 Å². The number of rotatable bonds is 3. The molecule has 0 amide bonds. The number of hydrogen-bond acceptors (Lipinski definition) is 5. The Morgan fingerprint density at radius 2 is 2.40 bits per heavy atom. The molecule has 0 saturated carbocycles. The first-order valence-corrected chi connectivity index (χ1v) is 7.33. The minimum absolute atomic E-state index is 0.0420. The van der Waals surface area contributed by atoms with E-state index in [1.54, 1.807) is 6.20 Å². The van der Waals surface area contributed by atoms with Crippen LogP contribution in [0.3, 0.4) is 0 Å². The van der Waals surface area contributed by atoms with Crippen LogP contribution in [0, 0.1) is 0 Å². The van der Waals surface area contributed by atoms with Gasteiger partial charge in [-0.05, 0) is 6.42 Å². The summed E-state index contributed by atoms with van der Waals surface area (Å²) in [7, 11) is -2.85. The summed E-state index contributed by atoms with van der Waals surface area (Å²) in [5.41, 5.74) is 0. The highest BCUT2D eigenvalue weighted by atomic mass is 32.2. The summed E-state index contributed by atoms with van der Waals surface area (Å²) in [5.74, 6) is 0.516. The maximum atomic E-state index is 11.3. The molecule has 0 aromatic carbocycles. The second-order valence-corrected chi connectivity index (χ2v) is 7.01. The zero-order chi connectivity index (χ0) is 10.9. The second kappa shape index (κ2) is 4.02. The van der Waals surface area contributed by atoms with E-state index in [9.17, 15) is 13.2 Å². The molecule has 1 aromatic heterocycles. The summed E-state index contributed by atoms with van der Waals surface area (Å²) in [6.07, 6.45) is 3.54. The van der Waals surface area contributed by atoms with Crippen LogP contribution in [-0.2, 0) is 21.1 Å². The summed E-state index contributed by atoms with van der Waals surface area (Å²) in [4.78, 5) is 15.4. The Hall–Kier alpha value is -0.750. The van der Waals surface area contributed by atoms with Gasteiger partial charge >= 0.3 is 0 Å². The minimum Gasteiger partial charge on any atom is -0.303 e. The second-order valence-electron chi connectivity index (χ2n) is 3.64. The van der Waals surface area contributed by atoms with Crippen molar-refractivity contribution < 1.29 is 13.2 Å². The Balaban J connectivity index is 2.13. The van der Waals surface area contributed by atoms with Gasteiger partial charge in [0.15, 0.2) is 9.84 Å². The SMILES string of the molecule is O=CCc1cnc(C2CCS(=O)(=O)C2)s1. The molecule has 2 rings (SSSR count). The molecule has 82 valence electrons. The number of hydrogen-bond donors (Lipinski definition) is 0. The Bertz CT molecular complexity index is 463. The number of aldehydes is 1. The molecule has 0 radical (unpaired) electrons. The third kappa shape index (κ3) is 2.43. The van der Waals surface area contributed by atoms with Gasteiger partial charge in [0, 0.05) is 23.4 Å². The molecule has 1 aromatic rings. The first-order valence-electron chi connectivity index (χ1n) is 4.69. The fourth-order valence-electron chi connectivity index (χ4n) is 1.68. The molecular weight excluding hydrogens is 234 g/mol. The Labute approximate surface area is 92.3 Å². The topological polar surface area (TPSA) is 64.1 Å². The predicted molar refractivity (Wildman–Crippen MR) is 57.9 cm³/mol. The maximum absolute atomic E-state index is 11.3. The van der Waals surface area contributed by atoms with Gasteiger partial charge in [-0.15, -0.1) is 11.3 Å². The number of carbonyl (C=O) groups is 1. The van der Waals surface area contributed by atoms with Gasteiger partial charge in [0.2, 0.25) is 0 Å². The van der Waals surface area contributed by atoms with Crippen LogP contribution in [0.25, 0.3) is 0 Å². The van der Waals surface area contributed by atoms with E-state index in [-0.39, 0.29) is 17.4 Å². The first kappa shape index (κ1) is 10.8. The zero-order valence-electron chi connectivity index (χ0n) is 8.05. The quantitative estimate of drug-likeness (QED) is 0.738. The van der Waals surface area contributed by atoms with E-state index < -0.39 is 9.84 Å². The molecule has 1 fully saturated rings. The summed E-state index contributed by atoms with van der Waals surface area (Å²) >= 11 is 1.45. The molecule has 15 heavy (non-hydrogen) atoms. The molecule has 0 N–H and O–H groups in total. The van der Waals surface area contributed by atoms with Crippen molar-refractivity contribution in [1.29, 1.82) is 0 Å². The van der Waals surface area contributed by atoms with E-state index in [1.165, 1.54) is 11.3 Å². The highest BCUT2D eigenvalue weighted by Crippen LogP contribution is 2.31. The van der Waals surface area contributed by atoms with E-state index >= 15 is 0 Å². The van der Waals surface area contributed by atoms with Gasteiger partial charge in [0.1, 0.15) is 6.29 Å². The third-order valence-corrected chi connectivity index (χ3v) is 5.39. The van der Waals surface area contributed by atoms with Gasteiger partial charge in [-0.25, -0.2) is 13.4 Å². The molecule has 2 heterocycles. The third-order valence-electron chi connectivity index (χ3n) is 2.44. The molecule has 1 aliphatic heterocycles. The van der Waals surface area contributed by atoms with Crippen molar-refractivity contribution in [3.05, 3.63) is 16.1 Å². The summed E-state index contributed by atoms with van der Waals surface area (Å²) < 4.78 is 22.5. The van der Waals surface area contributed by atoms with Gasteiger partial charge in [-0.1, -0.05) is 0 Å². The molecule has 1 unspecified atom stereocenters. The fourth-order valence-corrected chi connectivity index (χ4v) is 4.53. The lowest BCUT2D eigenvalue weighted by molar-refractivity contribution is -0.107. The molecule has 0 bridgehead atoms. The standard InChI is InChI=1S/C9H11NO3S2/c11-3-1-8-5-10-9(14-8)7-2-4-15(12,13)6-7/h3,5,7H,1-2,4,6H2. The minimum atomic E-state index is -2.85. The summed E-state index contributed by atoms with van der Waals surface area (Å²) in [6.45, 7) is 0. The van der Waals surface area contributed by atoms with Crippen molar-refractivity contribution in [2.75, 3.05) is 11.5 Å². The van der Waals surface area contributed by atoms with Crippen molar-refractivity contribution in [3.63, 3.8) is 0 Å². The van der Waals surface area contributed by atoms with E-state index in [1.807, 2.05) is 0 Å². The average molecular weight is 245 g/mol. The van der Waals surface area contributed by atoms with Crippen LogP contribution in [-0.4, -0.2) is 31.2 Å². The molecule has 1 atom stereocenters. The molecule has 0 aliphatic carbocycles. The van der Waals surface area contributed by atoms with Gasteiger partial charge in [0.05, 0.1) is 16.5 Å². The number of thiazole rings is 1. The van der Waals surface area contributed by atoms with Gasteiger partial charge < -0.3 is 4.79 Å². The Kier molecular flexibility index (Phi) is 2.88. The van der Waals surface area contributed by atoms with Crippen LogP contribution in [0.1, 0.15) is 22.2 Å². The van der Waals surface area contributed by atoms with Gasteiger partial charge in [0.25, 0.3) is 0 Å². The number of aromatic nitrogens is 1. The van der Waals surface area contributed by atoms with Crippen molar-refractivity contribution in [2.24, 2.45) is 0 Å². The van der Waals surface area contributed by atoms with E-state index in [4.69, 9.17) is 0 Å². The van der Waals surface area contributed by atoms with Gasteiger partial charge in [-0.3, -0.25) is 0 Å². The molecular formula is C9H11NO3S2. The normalized spacial score (nSPS) is 24.1. The first-order chi connectivity index (χ1) is 7.11. The fraction of sp³-hybridized carbons (Fsp3) is 0.556. The number of nitrogens with zero attached hydrogens (tertiary/aromatic N) is 1. The zero-order valence-corrected chi connectivity index (χ0v) is 9.68. The van der Waals surface area contributed by atoms with Crippen LogP contribution in [0.2, 0.25) is 0 Å². The van der Waals surface area contributed by atoms with Crippen molar-refractivity contribution in [3.8, 4) is 0 Å². The average Bonchev–Trinajstić information content (AvgIpc) is 2.73. The van der Waals surface area contributed by atoms with Crippen LogP contribution in [0.15, 0.2) is 6.20 Å². The maximum Gasteiger partial charge on any atom is 0.151 e.